The van der Waals surface area contributed by atoms with E-state index in [0.717, 1.165) is 21.4 Å². The summed E-state index contributed by atoms with van der Waals surface area (Å²) in [5.41, 5.74) is 3.61. The van der Waals surface area contributed by atoms with Crippen LogP contribution in [0.15, 0.2) is 34.8 Å². The third-order valence-corrected chi connectivity index (χ3v) is 3.75. The molecule has 1 aromatic carbocycles. The van der Waals surface area contributed by atoms with Crippen molar-refractivity contribution in [1.82, 2.24) is 4.98 Å². The molecule has 0 saturated carbocycles. The van der Waals surface area contributed by atoms with Crippen molar-refractivity contribution in [2.75, 3.05) is 12.4 Å². The van der Waals surface area contributed by atoms with Crippen LogP contribution >= 0.6 is 15.9 Å². The smallest absolute Gasteiger partial charge is 0.354 e. The second-order valence-corrected chi connectivity index (χ2v) is 5.01. The lowest BCUT2D eigenvalue weighted by atomic mass is 10.2. The van der Waals surface area contributed by atoms with Gasteiger partial charge in [0.1, 0.15) is 5.69 Å². The van der Waals surface area contributed by atoms with Gasteiger partial charge >= 0.3 is 5.97 Å². The third-order valence-electron chi connectivity index (χ3n) is 2.89. The van der Waals surface area contributed by atoms with Gasteiger partial charge in [-0.15, -0.1) is 0 Å². The van der Waals surface area contributed by atoms with Crippen LogP contribution < -0.4 is 5.32 Å². The summed E-state index contributed by atoms with van der Waals surface area (Å²) in [6, 6.07) is 9.59. The number of carbonyl (C=O) groups excluding carboxylic acids is 1. The lowest BCUT2D eigenvalue weighted by Gasteiger charge is -2.09. The van der Waals surface area contributed by atoms with Crippen LogP contribution in [0.1, 0.15) is 21.7 Å². The Morgan fingerprint density at radius 3 is 2.89 bits per heavy atom. The number of benzene rings is 1. The van der Waals surface area contributed by atoms with Gasteiger partial charge < -0.3 is 15.0 Å². The minimum absolute atomic E-state index is 0.357. The molecule has 0 radical (unpaired) electrons. The number of ether oxygens (including phenoxy) is 1. The van der Waals surface area contributed by atoms with Crippen LogP contribution in [-0.2, 0) is 11.3 Å². The number of aromatic amines is 1. The normalized spacial score (nSPS) is 10.3. The highest BCUT2D eigenvalue weighted by atomic mass is 79.9. The van der Waals surface area contributed by atoms with Crippen LogP contribution in [0.2, 0.25) is 0 Å². The molecule has 1 aromatic heterocycles. The van der Waals surface area contributed by atoms with Gasteiger partial charge in [-0.25, -0.2) is 4.79 Å². The Balaban J connectivity index is 2.04. The zero-order valence-electron chi connectivity index (χ0n) is 10.8. The molecule has 0 bridgehead atoms. The van der Waals surface area contributed by atoms with E-state index >= 15 is 0 Å². The molecule has 0 amide bonds. The van der Waals surface area contributed by atoms with E-state index in [1.54, 1.807) is 6.07 Å². The topological polar surface area (TPSA) is 54.1 Å². The molecule has 0 aliphatic carbocycles. The van der Waals surface area contributed by atoms with E-state index in [1.165, 1.54) is 7.11 Å². The van der Waals surface area contributed by atoms with E-state index < -0.39 is 0 Å². The van der Waals surface area contributed by atoms with Crippen molar-refractivity contribution in [3.05, 3.63) is 51.8 Å². The lowest BCUT2D eigenvalue weighted by Crippen LogP contribution is -2.04. The monoisotopic (exact) mass is 322 g/mol. The summed E-state index contributed by atoms with van der Waals surface area (Å²) in [4.78, 5) is 14.3. The first-order chi connectivity index (χ1) is 9.11. The van der Waals surface area contributed by atoms with Gasteiger partial charge in [0.2, 0.25) is 0 Å². The summed E-state index contributed by atoms with van der Waals surface area (Å²) in [5.74, 6) is -0.357. The second kappa shape index (κ2) is 5.93. The van der Waals surface area contributed by atoms with Gasteiger partial charge in [0.15, 0.2) is 0 Å². The van der Waals surface area contributed by atoms with E-state index in [9.17, 15) is 4.79 Å². The summed E-state index contributed by atoms with van der Waals surface area (Å²) in [7, 11) is 1.37. The fourth-order valence-corrected chi connectivity index (χ4v) is 2.13. The summed E-state index contributed by atoms with van der Waals surface area (Å²) in [6.07, 6.45) is 0. The van der Waals surface area contributed by atoms with E-state index in [0.29, 0.717) is 12.2 Å². The number of H-pyrrole nitrogens is 1. The maximum absolute atomic E-state index is 11.3. The van der Waals surface area contributed by atoms with Gasteiger partial charge in [-0.05, 0) is 36.8 Å². The Labute approximate surface area is 120 Å². The van der Waals surface area contributed by atoms with E-state index in [4.69, 9.17) is 0 Å². The first kappa shape index (κ1) is 13.7. The number of carbonyl (C=O) groups is 1. The van der Waals surface area contributed by atoms with Crippen molar-refractivity contribution < 1.29 is 9.53 Å². The Hall–Kier alpha value is -1.75. The molecule has 0 spiro atoms. The number of hydrogen-bond acceptors (Lipinski definition) is 3. The van der Waals surface area contributed by atoms with E-state index in [2.05, 4.69) is 31.0 Å². The predicted molar refractivity (Wildman–Crippen MR) is 78.3 cm³/mol. The zero-order valence-corrected chi connectivity index (χ0v) is 12.4. The van der Waals surface area contributed by atoms with Crippen LogP contribution in [-0.4, -0.2) is 18.1 Å². The van der Waals surface area contributed by atoms with Crippen molar-refractivity contribution in [3.63, 3.8) is 0 Å². The molecule has 0 unspecified atom stereocenters. The maximum atomic E-state index is 11.3. The predicted octanol–water partition coefficient (Wildman–Crippen LogP) is 3.48. The molecule has 2 N–H and O–H groups in total. The summed E-state index contributed by atoms with van der Waals surface area (Å²) in [6.45, 7) is 2.66. The molecule has 0 fully saturated rings. The molecule has 1 heterocycles. The van der Waals surface area contributed by atoms with Crippen LogP contribution in [0.25, 0.3) is 0 Å². The van der Waals surface area contributed by atoms with E-state index in [-0.39, 0.29) is 5.97 Å². The van der Waals surface area contributed by atoms with Gasteiger partial charge in [0.25, 0.3) is 0 Å². The minimum atomic E-state index is -0.357. The average molecular weight is 323 g/mol. The lowest BCUT2D eigenvalue weighted by molar-refractivity contribution is 0.0594. The second-order valence-electron chi connectivity index (χ2n) is 4.15. The van der Waals surface area contributed by atoms with Gasteiger partial charge in [0.05, 0.1) is 13.7 Å². The highest BCUT2D eigenvalue weighted by Gasteiger charge is 2.08. The molecule has 2 rings (SSSR count). The average Bonchev–Trinajstić information content (AvgIpc) is 2.88. The molecule has 0 atom stereocenters. The molecular weight excluding hydrogens is 308 g/mol. The third kappa shape index (κ3) is 3.17. The quantitative estimate of drug-likeness (QED) is 0.847. The fraction of sp³-hybridized carbons (Fsp3) is 0.214. The van der Waals surface area contributed by atoms with Gasteiger partial charge in [-0.2, -0.15) is 0 Å². The number of methoxy groups -OCH3 is 1. The Kier molecular flexibility index (Phi) is 4.27. The van der Waals surface area contributed by atoms with Gasteiger partial charge in [-0.1, -0.05) is 22.0 Å². The summed E-state index contributed by atoms with van der Waals surface area (Å²) >= 11 is 3.50. The van der Waals surface area contributed by atoms with Crippen LogP contribution in [0, 0.1) is 6.92 Å². The molecule has 0 saturated heterocycles. The van der Waals surface area contributed by atoms with Crippen molar-refractivity contribution in [3.8, 4) is 0 Å². The fourth-order valence-electron chi connectivity index (χ4n) is 1.76. The molecule has 0 aliphatic heterocycles. The standard InChI is InChI=1S/C14H15BrN2O2/c1-9-11(15)4-3-5-12(9)16-8-10-6-7-13(17-10)14(18)19-2/h3-7,16-17H,8H2,1-2H3. The Bertz CT molecular complexity index is 593. The molecule has 5 heteroatoms. The van der Waals surface area contributed by atoms with E-state index in [1.807, 2.05) is 31.2 Å². The molecule has 19 heavy (non-hydrogen) atoms. The van der Waals surface area contributed by atoms with Crippen molar-refractivity contribution >= 4 is 27.6 Å². The van der Waals surface area contributed by atoms with Crippen molar-refractivity contribution in [2.24, 2.45) is 0 Å². The highest BCUT2D eigenvalue weighted by molar-refractivity contribution is 9.10. The number of aromatic nitrogens is 1. The molecule has 4 nitrogen and oxygen atoms in total. The van der Waals surface area contributed by atoms with Crippen LogP contribution in [0.4, 0.5) is 5.69 Å². The van der Waals surface area contributed by atoms with Gasteiger partial charge in [0, 0.05) is 15.9 Å². The summed E-state index contributed by atoms with van der Waals surface area (Å²) in [5, 5.41) is 3.33. The molecule has 0 aliphatic rings. The Morgan fingerprint density at radius 1 is 1.37 bits per heavy atom. The van der Waals surface area contributed by atoms with Crippen molar-refractivity contribution in [1.29, 1.82) is 0 Å². The van der Waals surface area contributed by atoms with Crippen molar-refractivity contribution in [2.45, 2.75) is 13.5 Å². The first-order valence-corrected chi connectivity index (χ1v) is 6.66. The van der Waals surface area contributed by atoms with Gasteiger partial charge in [-0.3, -0.25) is 0 Å². The summed E-state index contributed by atoms with van der Waals surface area (Å²) < 4.78 is 5.72. The number of hydrogen-bond donors (Lipinski definition) is 2. The molecule has 100 valence electrons. The largest absolute Gasteiger partial charge is 0.464 e. The maximum Gasteiger partial charge on any atom is 0.354 e. The number of rotatable bonds is 4. The number of nitrogens with one attached hydrogen (secondary N) is 2. The number of halogens is 1. The Morgan fingerprint density at radius 2 is 2.16 bits per heavy atom. The SMILES string of the molecule is COC(=O)c1ccc(CNc2cccc(Br)c2C)[nH]1. The molecule has 2 aromatic rings. The van der Waals surface area contributed by atoms with Crippen LogP contribution in [0.5, 0.6) is 0 Å². The number of esters is 1. The minimum Gasteiger partial charge on any atom is -0.464 e. The molecular formula is C14H15BrN2O2. The number of anilines is 1. The van der Waals surface area contributed by atoms with Crippen LogP contribution in [0.3, 0.4) is 0 Å². The first-order valence-electron chi connectivity index (χ1n) is 5.87. The zero-order chi connectivity index (χ0) is 13.8. The highest BCUT2D eigenvalue weighted by Crippen LogP contribution is 2.23.